The van der Waals surface area contributed by atoms with E-state index in [0.29, 0.717) is 12.2 Å². The number of piperidine rings is 1. The number of benzene rings is 1. The van der Waals surface area contributed by atoms with Crippen molar-refractivity contribution >= 4 is 29.9 Å². The Kier molecular flexibility index (Phi) is 11.6. The predicted octanol–water partition coefficient (Wildman–Crippen LogP) is 4.89. The molecule has 2 aliphatic rings. The molecule has 1 N–H and O–H groups in total. The predicted molar refractivity (Wildman–Crippen MR) is 139 cm³/mol. The van der Waals surface area contributed by atoms with E-state index in [4.69, 9.17) is 14.5 Å². The molecule has 0 amide bonds. The first kappa shape index (κ1) is 26.4. The zero-order valence-corrected chi connectivity index (χ0v) is 22.0. The molecule has 2 aliphatic heterocycles. The minimum Gasteiger partial charge on any atom is -0.376 e. The molecular formula is C25H42IN3O2. The third-order valence-corrected chi connectivity index (χ3v) is 6.05. The zero-order valence-electron chi connectivity index (χ0n) is 19.6. The number of guanidine groups is 1. The molecule has 0 aromatic heterocycles. The molecule has 31 heavy (non-hydrogen) atoms. The monoisotopic (exact) mass is 543 g/mol. The maximum absolute atomic E-state index is 6.18. The molecule has 2 saturated heterocycles. The van der Waals surface area contributed by atoms with E-state index < -0.39 is 0 Å². The SMILES string of the molecule is CCNC(=NCC(C)(C)Cc1ccccc1)N1CCC(OCC2CCCCO2)CC1.I. The molecule has 0 bridgehead atoms. The standard InChI is InChI=1S/C25H41N3O2.HI/c1-4-26-24(27-20-25(2,3)18-21-10-6-5-7-11-21)28-15-13-22(14-16-28)30-19-23-12-8-9-17-29-23;/h5-7,10-11,22-23H,4,8-9,12-20H2,1-3H3,(H,26,27);1H. The number of rotatable bonds is 8. The van der Waals surface area contributed by atoms with Crippen LogP contribution >= 0.6 is 24.0 Å². The molecule has 1 unspecified atom stereocenters. The molecule has 0 radical (unpaired) electrons. The van der Waals surface area contributed by atoms with E-state index in [9.17, 15) is 0 Å². The summed E-state index contributed by atoms with van der Waals surface area (Å²) in [6.45, 7) is 12.1. The van der Waals surface area contributed by atoms with Gasteiger partial charge in [-0.25, -0.2) is 0 Å². The van der Waals surface area contributed by atoms with Crippen LogP contribution in [0.1, 0.15) is 58.4 Å². The molecule has 3 rings (SSSR count). The third-order valence-electron chi connectivity index (χ3n) is 6.05. The highest BCUT2D eigenvalue weighted by atomic mass is 127. The number of nitrogens with one attached hydrogen (secondary N) is 1. The lowest BCUT2D eigenvalue weighted by molar-refractivity contribution is -0.0721. The minimum absolute atomic E-state index is 0. The fraction of sp³-hybridized carbons (Fsp3) is 0.720. The Morgan fingerprint density at radius 1 is 1.16 bits per heavy atom. The highest BCUT2D eigenvalue weighted by molar-refractivity contribution is 14.0. The molecule has 2 heterocycles. The van der Waals surface area contributed by atoms with E-state index in [0.717, 1.165) is 71.0 Å². The summed E-state index contributed by atoms with van der Waals surface area (Å²) in [5.74, 6) is 1.05. The molecule has 5 nitrogen and oxygen atoms in total. The van der Waals surface area contributed by atoms with Crippen LogP contribution in [0.2, 0.25) is 0 Å². The first-order valence-electron chi connectivity index (χ1n) is 11.9. The molecule has 176 valence electrons. The van der Waals surface area contributed by atoms with E-state index in [1.807, 2.05) is 0 Å². The molecule has 0 spiro atoms. The van der Waals surface area contributed by atoms with Crippen molar-refractivity contribution in [3.8, 4) is 0 Å². The maximum atomic E-state index is 6.18. The van der Waals surface area contributed by atoms with Gasteiger partial charge in [0.05, 0.1) is 18.8 Å². The highest BCUT2D eigenvalue weighted by Crippen LogP contribution is 2.23. The molecule has 2 fully saturated rings. The third kappa shape index (κ3) is 9.26. The average molecular weight is 544 g/mol. The Morgan fingerprint density at radius 2 is 1.90 bits per heavy atom. The van der Waals surface area contributed by atoms with Gasteiger partial charge in [-0.15, -0.1) is 24.0 Å². The van der Waals surface area contributed by atoms with Crippen LogP contribution in [0, 0.1) is 5.41 Å². The summed E-state index contributed by atoms with van der Waals surface area (Å²) in [5.41, 5.74) is 1.51. The Morgan fingerprint density at radius 3 is 2.55 bits per heavy atom. The quantitative estimate of drug-likeness (QED) is 0.288. The van der Waals surface area contributed by atoms with Gasteiger partial charge in [-0.1, -0.05) is 44.2 Å². The number of hydrogen-bond donors (Lipinski definition) is 1. The van der Waals surface area contributed by atoms with Gasteiger partial charge in [0.2, 0.25) is 0 Å². The van der Waals surface area contributed by atoms with Crippen molar-refractivity contribution < 1.29 is 9.47 Å². The molecule has 1 aromatic rings. The summed E-state index contributed by atoms with van der Waals surface area (Å²) in [4.78, 5) is 7.42. The Hall–Kier alpha value is -0.860. The van der Waals surface area contributed by atoms with Crippen molar-refractivity contribution in [3.63, 3.8) is 0 Å². The summed E-state index contributed by atoms with van der Waals surface area (Å²) in [5, 5.41) is 3.50. The lowest BCUT2D eigenvalue weighted by Crippen LogP contribution is -2.47. The van der Waals surface area contributed by atoms with E-state index in [-0.39, 0.29) is 29.4 Å². The second-order valence-corrected chi connectivity index (χ2v) is 9.51. The van der Waals surface area contributed by atoms with Crippen LogP contribution in [-0.4, -0.2) is 62.5 Å². The second-order valence-electron chi connectivity index (χ2n) is 9.51. The van der Waals surface area contributed by atoms with E-state index >= 15 is 0 Å². The van der Waals surface area contributed by atoms with Gasteiger partial charge in [-0.2, -0.15) is 0 Å². The summed E-state index contributed by atoms with van der Waals surface area (Å²) >= 11 is 0. The lowest BCUT2D eigenvalue weighted by atomic mass is 9.86. The fourth-order valence-electron chi connectivity index (χ4n) is 4.34. The summed E-state index contributed by atoms with van der Waals surface area (Å²) in [6, 6.07) is 10.7. The van der Waals surface area contributed by atoms with Gasteiger partial charge >= 0.3 is 0 Å². The summed E-state index contributed by atoms with van der Waals surface area (Å²) in [7, 11) is 0. The minimum atomic E-state index is 0. The molecule has 1 atom stereocenters. The zero-order chi connectivity index (χ0) is 21.2. The second kappa shape index (κ2) is 13.6. The maximum Gasteiger partial charge on any atom is 0.193 e. The van der Waals surface area contributed by atoms with Crippen LogP contribution in [0.4, 0.5) is 0 Å². The number of nitrogens with zero attached hydrogens (tertiary/aromatic N) is 2. The van der Waals surface area contributed by atoms with Crippen molar-refractivity contribution in [2.45, 2.75) is 71.5 Å². The summed E-state index contributed by atoms with van der Waals surface area (Å²) in [6.07, 6.45) is 7.44. The smallest absolute Gasteiger partial charge is 0.193 e. The van der Waals surface area contributed by atoms with Crippen molar-refractivity contribution in [2.75, 3.05) is 39.4 Å². The fourth-order valence-corrected chi connectivity index (χ4v) is 4.34. The van der Waals surface area contributed by atoms with Gasteiger partial charge in [0, 0.05) is 32.8 Å². The number of hydrogen-bond acceptors (Lipinski definition) is 3. The van der Waals surface area contributed by atoms with Crippen molar-refractivity contribution in [2.24, 2.45) is 10.4 Å². The lowest BCUT2D eigenvalue weighted by Gasteiger charge is -2.35. The van der Waals surface area contributed by atoms with Crippen LogP contribution < -0.4 is 5.32 Å². The Bertz CT molecular complexity index is 639. The van der Waals surface area contributed by atoms with Crippen LogP contribution in [0.25, 0.3) is 0 Å². The number of likely N-dealkylation sites (tertiary alicyclic amines) is 1. The van der Waals surface area contributed by atoms with Crippen LogP contribution in [0.5, 0.6) is 0 Å². The average Bonchev–Trinajstić information content (AvgIpc) is 2.77. The molecular weight excluding hydrogens is 501 g/mol. The van der Waals surface area contributed by atoms with Crippen LogP contribution in [0.3, 0.4) is 0 Å². The van der Waals surface area contributed by atoms with Gasteiger partial charge in [0.25, 0.3) is 0 Å². The number of ether oxygens (including phenoxy) is 2. The van der Waals surface area contributed by atoms with Gasteiger partial charge in [0.15, 0.2) is 5.96 Å². The Balaban J connectivity index is 0.00000341. The first-order valence-corrected chi connectivity index (χ1v) is 11.9. The highest BCUT2D eigenvalue weighted by Gasteiger charge is 2.25. The van der Waals surface area contributed by atoms with E-state index in [2.05, 4.69) is 61.3 Å². The van der Waals surface area contributed by atoms with E-state index in [1.54, 1.807) is 0 Å². The molecule has 1 aromatic carbocycles. The number of halogens is 1. The molecule has 6 heteroatoms. The largest absolute Gasteiger partial charge is 0.376 e. The molecule has 0 saturated carbocycles. The number of aliphatic imine (C=N–C) groups is 1. The van der Waals surface area contributed by atoms with Gasteiger partial charge in [0.1, 0.15) is 0 Å². The van der Waals surface area contributed by atoms with Gasteiger partial charge in [-0.05, 0) is 56.4 Å². The van der Waals surface area contributed by atoms with Gasteiger partial charge < -0.3 is 19.7 Å². The van der Waals surface area contributed by atoms with Crippen molar-refractivity contribution in [3.05, 3.63) is 35.9 Å². The first-order chi connectivity index (χ1) is 14.6. The van der Waals surface area contributed by atoms with Crippen LogP contribution in [-0.2, 0) is 15.9 Å². The Labute approximate surface area is 206 Å². The van der Waals surface area contributed by atoms with Crippen molar-refractivity contribution in [1.82, 2.24) is 10.2 Å². The van der Waals surface area contributed by atoms with Crippen molar-refractivity contribution in [1.29, 1.82) is 0 Å². The normalized spacial score (nSPS) is 20.9. The topological polar surface area (TPSA) is 46.1 Å². The summed E-state index contributed by atoms with van der Waals surface area (Å²) < 4.78 is 12.0. The van der Waals surface area contributed by atoms with Crippen LogP contribution in [0.15, 0.2) is 35.3 Å². The van der Waals surface area contributed by atoms with Gasteiger partial charge in [-0.3, -0.25) is 4.99 Å². The molecule has 0 aliphatic carbocycles. The van der Waals surface area contributed by atoms with E-state index in [1.165, 1.54) is 18.4 Å².